The van der Waals surface area contributed by atoms with Crippen molar-refractivity contribution in [1.82, 2.24) is 9.71 Å². The predicted octanol–water partition coefficient (Wildman–Crippen LogP) is 2.28. The topological polar surface area (TPSA) is 85.1 Å². The highest BCUT2D eigenvalue weighted by atomic mass is 32.2. The molecular formula is C15H19N3O2S. The average molecular weight is 305 g/mol. The largest absolute Gasteiger partial charge is 0.384 e. The summed E-state index contributed by atoms with van der Waals surface area (Å²) in [5.41, 5.74) is 6.33. The van der Waals surface area contributed by atoms with Crippen molar-refractivity contribution < 1.29 is 8.42 Å². The first-order chi connectivity index (χ1) is 9.94. The zero-order valence-corrected chi connectivity index (χ0v) is 12.7. The predicted molar refractivity (Wildman–Crippen MR) is 83.3 cm³/mol. The van der Waals surface area contributed by atoms with Crippen molar-refractivity contribution in [3.05, 3.63) is 30.3 Å². The summed E-state index contributed by atoms with van der Waals surface area (Å²) in [5, 5.41) is 0.770. The third-order valence-electron chi connectivity index (χ3n) is 4.01. The molecular weight excluding hydrogens is 286 g/mol. The number of pyridine rings is 1. The molecule has 2 unspecified atom stereocenters. The Morgan fingerprint density at radius 1 is 1.24 bits per heavy atom. The molecule has 1 aromatic heterocycles. The number of nitrogens with one attached hydrogen (secondary N) is 1. The molecule has 0 bridgehead atoms. The van der Waals surface area contributed by atoms with Gasteiger partial charge in [-0.3, -0.25) is 0 Å². The SMILES string of the molecule is CC1CCC(NS(=O)(=O)c2ccc3nc(N)ccc3c2)C1. The number of hydrogen-bond acceptors (Lipinski definition) is 4. The molecule has 1 heterocycles. The third-order valence-corrected chi connectivity index (χ3v) is 5.53. The molecule has 0 amide bonds. The van der Waals surface area contributed by atoms with Gasteiger partial charge in [-0.25, -0.2) is 18.1 Å². The Morgan fingerprint density at radius 2 is 2.05 bits per heavy atom. The first-order valence-electron chi connectivity index (χ1n) is 7.13. The van der Waals surface area contributed by atoms with Crippen molar-refractivity contribution in [2.24, 2.45) is 5.92 Å². The number of rotatable bonds is 3. The molecule has 0 radical (unpaired) electrons. The maximum atomic E-state index is 12.4. The molecule has 2 aromatic rings. The van der Waals surface area contributed by atoms with Crippen LogP contribution in [0, 0.1) is 5.92 Å². The van der Waals surface area contributed by atoms with Crippen LogP contribution in [0.5, 0.6) is 0 Å². The lowest BCUT2D eigenvalue weighted by molar-refractivity contribution is 0.538. The van der Waals surface area contributed by atoms with E-state index >= 15 is 0 Å². The molecule has 3 N–H and O–H groups in total. The van der Waals surface area contributed by atoms with Crippen LogP contribution in [0.15, 0.2) is 35.2 Å². The zero-order chi connectivity index (χ0) is 15.0. The highest BCUT2D eigenvalue weighted by Gasteiger charge is 2.26. The van der Waals surface area contributed by atoms with E-state index in [1.165, 1.54) is 0 Å². The lowest BCUT2D eigenvalue weighted by atomic mass is 10.1. The standard InChI is InChI=1S/C15H19N3O2S/c1-10-2-4-12(8-10)18-21(19,20)13-5-6-14-11(9-13)3-7-15(16)17-14/h3,5-7,9-10,12,18H,2,4,8H2,1H3,(H2,16,17). The number of aromatic nitrogens is 1. The molecule has 2 atom stereocenters. The quantitative estimate of drug-likeness (QED) is 0.911. The molecule has 6 heteroatoms. The van der Waals surface area contributed by atoms with Crippen LogP contribution in [0.4, 0.5) is 5.82 Å². The molecule has 1 aliphatic rings. The van der Waals surface area contributed by atoms with Gasteiger partial charge in [0.25, 0.3) is 0 Å². The summed E-state index contributed by atoms with van der Waals surface area (Å²) in [7, 11) is -3.48. The van der Waals surface area contributed by atoms with Gasteiger partial charge in [0.2, 0.25) is 10.0 Å². The summed E-state index contributed by atoms with van der Waals surface area (Å²) in [6.45, 7) is 2.15. The molecule has 1 fully saturated rings. The van der Waals surface area contributed by atoms with E-state index in [9.17, 15) is 8.42 Å². The maximum absolute atomic E-state index is 12.4. The van der Waals surface area contributed by atoms with Crippen LogP contribution in [0.25, 0.3) is 10.9 Å². The van der Waals surface area contributed by atoms with Crippen molar-refractivity contribution in [1.29, 1.82) is 0 Å². The Bertz CT molecular complexity index is 774. The summed E-state index contributed by atoms with van der Waals surface area (Å²) in [4.78, 5) is 4.45. The zero-order valence-electron chi connectivity index (χ0n) is 11.9. The number of nitrogens with two attached hydrogens (primary N) is 1. The number of fused-ring (bicyclic) bond motifs is 1. The van der Waals surface area contributed by atoms with E-state index in [0.29, 0.717) is 17.3 Å². The van der Waals surface area contributed by atoms with E-state index in [2.05, 4.69) is 16.6 Å². The highest BCUT2D eigenvalue weighted by Crippen LogP contribution is 2.26. The second-order valence-corrected chi connectivity index (χ2v) is 7.54. The first kappa shape index (κ1) is 14.3. The van der Waals surface area contributed by atoms with Crippen molar-refractivity contribution >= 4 is 26.7 Å². The molecule has 5 nitrogen and oxygen atoms in total. The lowest BCUT2D eigenvalue weighted by Gasteiger charge is -2.13. The molecule has 3 rings (SSSR count). The van der Waals surface area contributed by atoms with Gasteiger partial charge in [-0.2, -0.15) is 0 Å². The summed E-state index contributed by atoms with van der Waals surface area (Å²) in [6.07, 6.45) is 2.89. The summed E-state index contributed by atoms with van der Waals surface area (Å²) in [6, 6.07) is 8.42. The van der Waals surface area contributed by atoms with Gasteiger partial charge in [-0.1, -0.05) is 6.92 Å². The van der Waals surface area contributed by atoms with Crippen molar-refractivity contribution in [3.8, 4) is 0 Å². The molecule has 1 aromatic carbocycles. The van der Waals surface area contributed by atoms with Crippen LogP contribution in [-0.4, -0.2) is 19.4 Å². The monoisotopic (exact) mass is 305 g/mol. The van der Waals surface area contributed by atoms with Crippen LogP contribution >= 0.6 is 0 Å². The van der Waals surface area contributed by atoms with E-state index in [0.717, 1.165) is 24.6 Å². The molecule has 0 saturated heterocycles. The Balaban J connectivity index is 1.89. The van der Waals surface area contributed by atoms with Crippen LogP contribution in [0.1, 0.15) is 26.2 Å². The first-order valence-corrected chi connectivity index (χ1v) is 8.61. The van der Waals surface area contributed by atoms with Crippen molar-refractivity contribution in [3.63, 3.8) is 0 Å². The Labute approximate surface area is 124 Å². The van der Waals surface area contributed by atoms with Gasteiger partial charge in [0, 0.05) is 11.4 Å². The second-order valence-electron chi connectivity index (χ2n) is 5.83. The summed E-state index contributed by atoms with van der Waals surface area (Å²) >= 11 is 0. The van der Waals surface area contributed by atoms with Gasteiger partial charge < -0.3 is 5.73 Å². The fourth-order valence-electron chi connectivity index (χ4n) is 2.89. The average Bonchev–Trinajstić information content (AvgIpc) is 2.82. The molecule has 0 aliphatic heterocycles. The van der Waals surface area contributed by atoms with E-state index in [1.807, 2.05) is 0 Å². The fraction of sp³-hybridized carbons (Fsp3) is 0.400. The lowest BCUT2D eigenvalue weighted by Crippen LogP contribution is -2.32. The van der Waals surface area contributed by atoms with Gasteiger partial charge in [0.15, 0.2) is 0 Å². The molecule has 112 valence electrons. The van der Waals surface area contributed by atoms with E-state index in [4.69, 9.17) is 5.73 Å². The van der Waals surface area contributed by atoms with E-state index in [-0.39, 0.29) is 10.9 Å². The smallest absolute Gasteiger partial charge is 0.240 e. The molecule has 0 spiro atoms. The number of sulfonamides is 1. The van der Waals surface area contributed by atoms with Crippen LogP contribution in [0.3, 0.4) is 0 Å². The summed E-state index contributed by atoms with van der Waals surface area (Å²) < 4.78 is 27.7. The highest BCUT2D eigenvalue weighted by molar-refractivity contribution is 7.89. The molecule has 21 heavy (non-hydrogen) atoms. The van der Waals surface area contributed by atoms with Gasteiger partial charge in [0.05, 0.1) is 10.4 Å². The van der Waals surface area contributed by atoms with E-state index in [1.54, 1.807) is 30.3 Å². The van der Waals surface area contributed by atoms with Crippen molar-refractivity contribution in [2.75, 3.05) is 5.73 Å². The number of hydrogen-bond donors (Lipinski definition) is 2. The number of benzene rings is 1. The van der Waals surface area contributed by atoms with Crippen LogP contribution < -0.4 is 10.5 Å². The minimum absolute atomic E-state index is 0.0465. The Kier molecular flexibility index (Phi) is 3.59. The minimum atomic E-state index is -3.48. The van der Waals surface area contributed by atoms with Crippen LogP contribution in [-0.2, 0) is 10.0 Å². The Morgan fingerprint density at radius 3 is 2.76 bits per heavy atom. The third kappa shape index (κ3) is 3.01. The normalized spacial score (nSPS) is 22.7. The van der Waals surface area contributed by atoms with E-state index < -0.39 is 10.0 Å². The molecule has 1 aliphatic carbocycles. The van der Waals surface area contributed by atoms with Gasteiger partial charge in [0.1, 0.15) is 5.82 Å². The second kappa shape index (κ2) is 5.27. The van der Waals surface area contributed by atoms with Crippen molar-refractivity contribution in [2.45, 2.75) is 37.1 Å². The number of nitrogens with zero attached hydrogens (tertiary/aromatic N) is 1. The van der Waals surface area contributed by atoms with Gasteiger partial charge >= 0.3 is 0 Å². The molecule has 1 saturated carbocycles. The summed E-state index contributed by atoms with van der Waals surface area (Å²) in [5.74, 6) is 1.01. The fourth-order valence-corrected chi connectivity index (χ4v) is 4.21. The Hall–Kier alpha value is -1.66. The minimum Gasteiger partial charge on any atom is -0.384 e. The van der Waals surface area contributed by atoms with Gasteiger partial charge in [-0.15, -0.1) is 0 Å². The maximum Gasteiger partial charge on any atom is 0.240 e. The van der Waals surface area contributed by atoms with Crippen LogP contribution in [0.2, 0.25) is 0 Å². The number of anilines is 1. The number of nitrogen functional groups attached to an aromatic ring is 1. The van der Waals surface area contributed by atoms with Gasteiger partial charge in [-0.05, 0) is 55.5 Å².